The van der Waals surface area contributed by atoms with Crippen molar-refractivity contribution in [1.82, 2.24) is 0 Å². The molecule has 0 radical (unpaired) electrons. The minimum absolute atomic E-state index is 1.20. The van der Waals surface area contributed by atoms with E-state index >= 15 is 0 Å². The summed E-state index contributed by atoms with van der Waals surface area (Å²) in [6, 6.07) is 74.2. The number of hydrogen-bond acceptors (Lipinski definition) is 0. The minimum Gasteiger partial charge on any atom is -0.0616 e. The summed E-state index contributed by atoms with van der Waals surface area (Å²) < 4.78 is 0. The molecular formula is C55H36. The molecule has 55 heavy (non-hydrogen) atoms. The third-order valence-electron chi connectivity index (χ3n) is 11.8. The Balaban J connectivity index is 1.15. The molecule has 0 heterocycles. The first-order valence-electron chi connectivity index (χ1n) is 19.2. The van der Waals surface area contributed by atoms with Crippen LogP contribution in [0.4, 0.5) is 0 Å². The first kappa shape index (κ1) is 31.5. The van der Waals surface area contributed by atoms with E-state index in [0.29, 0.717) is 0 Å². The Morgan fingerprint density at radius 3 is 1.09 bits per heavy atom. The van der Waals surface area contributed by atoms with Crippen molar-refractivity contribution in [2.45, 2.75) is 6.92 Å². The molecule has 0 bridgehead atoms. The van der Waals surface area contributed by atoms with Gasteiger partial charge in [-0.05, 0) is 140 Å². The molecule has 0 saturated carbocycles. The van der Waals surface area contributed by atoms with Crippen LogP contribution >= 0.6 is 0 Å². The van der Waals surface area contributed by atoms with Crippen molar-refractivity contribution in [2.75, 3.05) is 0 Å². The molecule has 0 fully saturated rings. The highest BCUT2D eigenvalue weighted by Crippen LogP contribution is 2.46. The molecule has 11 aromatic rings. The molecule has 0 aliphatic rings. The number of benzene rings is 11. The fraction of sp³-hybridized carbons (Fsp3) is 0.0182. The van der Waals surface area contributed by atoms with Gasteiger partial charge in [0.15, 0.2) is 0 Å². The Morgan fingerprint density at radius 1 is 0.218 bits per heavy atom. The van der Waals surface area contributed by atoms with Crippen molar-refractivity contribution in [3.8, 4) is 44.5 Å². The van der Waals surface area contributed by atoms with Crippen LogP contribution in [-0.2, 0) is 0 Å². The zero-order valence-corrected chi connectivity index (χ0v) is 30.6. The van der Waals surface area contributed by atoms with Crippen molar-refractivity contribution in [1.29, 1.82) is 0 Å². The molecule has 0 aromatic heterocycles. The van der Waals surface area contributed by atoms with Gasteiger partial charge in [-0.25, -0.2) is 0 Å². The van der Waals surface area contributed by atoms with E-state index in [9.17, 15) is 0 Å². The average molecular weight is 697 g/mol. The SMILES string of the molecule is Cc1c2ccccc2c(-c2ccc(-c3ccc4c(-c5ccc6ccccc6c5)c5ccccc5c(-c5ccc6ccccc6c5)c4c3)cc2)c2ccccc12. The van der Waals surface area contributed by atoms with Gasteiger partial charge in [0.25, 0.3) is 0 Å². The van der Waals surface area contributed by atoms with Gasteiger partial charge in [0.05, 0.1) is 0 Å². The summed E-state index contributed by atoms with van der Waals surface area (Å²) in [5.74, 6) is 0. The molecule has 0 unspecified atom stereocenters. The van der Waals surface area contributed by atoms with Crippen LogP contribution in [0.2, 0.25) is 0 Å². The molecule has 0 nitrogen and oxygen atoms in total. The molecule has 0 amide bonds. The quantitative estimate of drug-likeness (QED) is 0.161. The molecule has 256 valence electrons. The third-order valence-corrected chi connectivity index (χ3v) is 11.8. The first-order valence-corrected chi connectivity index (χ1v) is 19.2. The van der Waals surface area contributed by atoms with Crippen LogP contribution in [0.5, 0.6) is 0 Å². The normalized spacial score (nSPS) is 11.7. The zero-order chi connectivity index (χ0) is 36.5. The average Bonchev–Trinajstić information content (AvgIpc) is 3.25. The first-order chi connectivity index (χ1) is 27.2. The van der Waals surface area contributed by atoms with E-state index in [0.717, 1.165) is 0 Å². The Bertz CT molecular complexity index is 3250. The summed E-state index contributed by atoms with van der Waals surface area (Å²) in [5, 5.41) is 15.3. The molecule has 11 aromatic carbocycles. The number of fused-ring (bicyclic) bond motifs is 6. The largest absolute Gasteiger partial charge is 0.0616 e. The van der Waals surface area contributed by atoms with E-state index in [1.54, 1.807) is 0 Å². The number of rotatable bonds is 4. The van der Waals surface area contributed by atoms with Gasteiger partial charge in [-0.3, -0.25) is 0 Å². The van der Waals surface area contributed by atoms with E-state index in [1.165, 1.54) is 115 Å². The third kappa shape index (κ3) is 5.07. The van der Waals surface area contributed by atoms with Gasteiger partial charge in [0.2, 0.25) is 0 Å². The second-order valence-electron chi connectivity index (χ2n) is 14.8. The lowest BCUT2D eigenvalue weighted by atomic mass is 9.84. The molecule has 0 aliphatic carbocycles. The van der Waals surface area contributed by atoms with Crippen molar-refractivity contribution in [3.05, 3.63) is 206 Å². The summed E-state index contributed by atoms with van der Waals surface area (Å²) >= 11 is 0. The van der Waals surface area contributed by atoms with Crippen molar-refractivity contribution >= 4 is 64.6 Å². The molecule has 0 spiro atoms. The Morgan fingerprint density at radius 2 is 0.564 bits per heavy atom. The molecule has 0 saturated heterocycles. The summed E-state index contributed by atoms with van der Waals surface area (Å²) in [4.78, 5) is 0. The van der Waals surface area contributed by atoms with Gasteiger partial charge in [0.1, 0.15) is 0 Å². The van der Waals surface area contributed by atoms with Crippen LogP contribution < -0.4 is 0 Å². The van der Waals surface area contributed by atoms with Gasteiger partial charge in [-0.2, -0.15) is 0 Å². The minimum atomic E-state index is 1.20. The fourth-order valence-corrected chi connectivity index (χ4v) is 9.16. The Labute approximate surface area is 320 Å². The van der Waals surface area contributed by atoms with Crippen LogP contribution in [0.15, 0.2) is 200 Å². The lowest BCUT2D eigenvalue weighted by Gasteiger charge is -2.19. The fourth-order valence-electron chi connectivity index (χ4n) is 9.16. The van der Waals surface area contributed by atoms with E-state index in [4.69, 9.17) is 0 Å². The Kier molecular flexibility index (Phi) is 7.19. The monoisotopic (exact) mass is 696 g/mol. The van der Waals surface area contributed by atoms with Gasteiger partial charge in [-0.15, -0.1) is 0 Å². The summed E-state index contributed by atoms with van der Waals surface area (Å²) in [6.45, 7) is 2.25. The highest BCUT2D eigenvalue weighted by Gasteiger charge is 2.19. The maximum Gasteiger partial charge on any atom is -0.00259 e. The second kappa shape index (κ2) is 12.5. The summed E-state index contributed by atoms with van der Waals surface area (Å²) in [6.07, 6.45) is 0. The van der Waals surface area contributed by atoms with Gasteiger partial charge < -0.3 is 0 Å². The van der Waals surface area contributed by atoms with E-state index in [2.05, 4.69) is 207 Å². The van der Waals surface area contributed by atoms with Crippen LogP contribution in [0.25, 0.3) is 109 Å². The molecule has 0 heteroatoms. The smallest absolute Gasteiger partial charge is 0.00259 e. The highest BCUT2D eigenvalue weighted by molar-refractivity contribution is 6.23. The van der Waals surface area contributed by atoms with Crippen LogP contribution in [0.3, 0.4) is 0 Å². The van der Waals surface area contributed by atoms with Gasteiger partial charge in [0, 0.05) is 0 Å². The summed E-state index contributed by atoms with van der Waals surface area (Å²) in [7, 11) is 0. The summed E-state index contributed by atoms with van der Waals surface area (Å²) in [5.41, 5.74) is 11.3. The van der Waals surface area contributed by atoms with E-state index in [1.807, 2.05) is 0 Å². The predicted octanol–water partition coefficient (Wildman–Crippen LogP) is 15.6. The number of hydrogen-bond donors (Lipinski definition) is 0. The Hall–Kier alpha value is -7.02. The van der Waals surface area contributed by atoms with Gasteiger partial charge >= 0.3 is 0 Å². The number of aryl methyl sites for hydroxylation is 1. The predicted molar refractivity (Wildman–Crippen MR) is 238 cm³/mol. The molecule has 0 aliphatic heterocycles. The highest BCUT2D eigenvalue weighted by atomic mass is 14.2. The van der Waals surface area contributed by atoms with Crippen molar-refractivity contribution < 1.29 is 0 Å². The maximum absolute atomic E-state index is 2.43. The van der Waals surface area contributed by atoms with Crippen molar-refractivity contribution in [2.24, 2.45) is 0 Å². The van der Waals surface area contributed by atoms with E-state index < -0.39 is 0 Å². The lowest BCUT2D eigenvalue weighted by Crippen LogP contribution is -1.92. The topological polar surface area (TPSA) is 0 Å². The standard InChI is InChI=1S/C55H36/c1-35-45-16-6-8-18-47(45)53(48-19-9-7-17-46(35)48)39-26-22-38(23-27-39)42-30-31-51-52(34-42)55(44-29-25-37-13-3-5-15-41(37)33-44)50-21-11-10-20-49(50)54(51)43-28-24-36-12-2-4-14-40(36)32-43/h2-34H,1H3. The molecule has 11 rings (SSSR count). The van der Waals surface area contributed by atoms with Crippen LogP contribution in [-0.4, -0.2) is 0 Å². The molecule has 0 atom stereocenters. The molecular weight excluding hydrogens is 661 g/mol. The molecule has 0 N–H and O–H groups in total. The van der Waals surface area contributed by atoms with Gasteiger partial charge in [-0.1, -0.05) is 182 Å². The zero-order valence-electron chi connectivity index (χ0n) is 30.6. The lowest BCUT2D eigenvalue weighted by molar-refractivity contribution is 1.57. The second-order valence-corrected chi connectivity index (χ2v) is 14.8. The van der Waals surface area contributed by atoms with Crippen LogP contribution in [0.1, 0.15) is 5.56 Å². The van der Waals surface area contributed by atoms with Crippen LogP contribution in [0, 0.1) is 6.92 Å². The maximum atomic E-state index is 2.43. The van der Waals surface area contributed by atoms with E-state index in [-0.39, 0.29) is 0 Å². The van der Waals surface area contributed by atoms with Crippen molar-refractivity contribution in [3.63, 3.8) is 0 Å².